The summed E-state index contributed by atoms with van der Waals surface area (Å²) in [5.74, 6) is -1.78. The van der Waals surface area contributed by atoms with Crippen LogP contribution in [0, 0.1) is 0 Å². The van der Waals surface area contributed by atoms with Crippen molar-refractivity contribution in [2.24, 2.45) is 0 Å². The zero-order chi connectivity index (χ0) is 15.7. The van der Waals surface area contributed by atoms with Gasteiger partial charge in [0.2, 0.25) is 12.7 Å². The molecule has 5 nitrogen and oxygen atoms in total. The first kappa shape index (κ1) is 15.0. The number of benzene rings is 1. The summed E-state index contributed by atoms with van der Waals surface area (Å²) in [7, 11) is 0. The van der Waals surface area contributed by atoms with Gasteiger partial charge in [-0.15, -0.1) is 0 Å². The Balaban J connectivity index is 1.68. The number of carbonyl (C=O) groups excluding carboxylic acids is 1. The molecule has 0 aliphatic carbocycles. The van der Waals surface area contributed by atoms with Crippen LogP contribution in [-0.2, 0) is 11.3 Å². The number of rotatable bonds is 4. The molecule has 2 heterocycles. The Kier molecular flexibility index (Phi) is 3.90. The molecule has 7 heteroatoms. The molecule has 0 aromatic heterocycles. The average Bonchev–Trinajstić information content (AvgIpc) is 3.09. The smallest absolute Gasteiger partial charge is 0.262 e. The first-order chi connectivity index (χ1) is 10.5. The number of nitrogens with one attached hydrogen (secondary N) is 1. The number of likely N-dealkylation sites (N-methyl/N-ethyl adjacent to an activating group) is 1. The summed E-state index contributed by atoms with van der Waals surface area (Å²) >= 11 is 0. The van der Waals surface area contributed by atoms with Gasteiger partial charge in [0.05, 0.1) is 12.6 Å². The van der Waals surface area contributed by atoms with Crippen molar-refractivity contribution >= 4 is 5.91 Å². The van der Waals surface area contributed by atoms with Gasteiger partial charge in [-0.2, -0.15) is 0 Å². The molecule has 1 saturated heterocycles. The fourth-order valence-corrected chi connectivity index (χ4v) is 2.72. The summed E-state index contributed by atoms with van der Waals surface area (Å²) in [5, 5.41) is 2.60. The number of ether oxygens (including phenoxy) is 2. The van der Waals surface area contributed by atoms with Crippen LogP contribution >= 0.6 is 0 Å². The van der Waals surface area contributed by atoms with Crippen LogP contribution in [0.15, 0.2) is 18.2 Å². The number of carbonyl (C=O) groups is 1. The fourth-order valence-electron chi connectivity index (χ4n) is 2.72. The quantitative estimate of drug-likeness (QED) is 0.920. The average molecular weight is 312 g/mol. The topological polar surface area (TPSA) is 50.8 Å². The Hall–Kier alpha value is -1.89. The van der Waals surface area contributed by atoms with Crippen molar-refractivity contribution in [3.8, 4) is 11.5 Å². The summed E-state index contributed by atoms with van der Waals surface area (Å²) < 4.78 is 37.0. The Labute approximate surface area is 127 Å². The lowest BCUT2D eigenvalue weighted by molar-refractivity contribution is -0.134. The van der Waals surface area contributed by atoms with E-state index in [1.54, 1.807) is 11.0 Å². The Morgan fingerprint density at radius 3 is 2.86 bits per heavy atom. The van der Waals surface area contributed by atoms with Crippen LogP contribution < -0.4 is 14.8 Å². The van der Waals surface area contributed by atoms with E-state index in [2.05, 4.69) is 5.32 Å². The summed E-state index contributed by atoms with van der Waals surface area (Å²) in [6.45, 7) is 2.39. The number of alkyl halides is 2. The van der Waals surface area contributed by atoms with Crippen LogP contribution in [0.3, 0.4) is 0 Å². The second kappa shape index (κ2) is 5.72. The number of nitrogens with zero attached hydrogens (tertiary/aromatic N) is 1. The van der Waals surface area contributed by atoms with E-state index in [4.69, 9.17) is 9.47 Å². The van der Waals surface area contributed by atoms with Crippen molar-refractivity contribution in [2.45, 2.75) is 31.9 Å². The molecule has 2 aliphatic heterocycles. The van der Waals surface area contributed by atoms with Gasteiger partial charge in [0.15, 0.2) is 11.5 Å². The largest absolute Gasteiger partial charge is 0.454 e. The number of hydrogen-bond donors (Lipinski definition) is 1. The first-order valence-corrected chi connectivity index (χ1v) is 7.27. The van der Waals surface area contributed by atoms with Crippen molar-refractivity contribution in [1.29, 1.82) is 0 Å². The van der Waals surface area contributed by atoms with E-state index in [9.17, 15) is 13.6 Å². The van der Waals surface area contributed by atoms with E-state index in [0.717, 1.165) is 5.56 Å². The summed E-state index contributed by atoms with van der Waals surface area (Å²) in [4.78, 5) is 13.9. The maximum absolute atomic E-state index is 13.2. The van der Waals surface area contributed by atoms with E-state index in [0.29, 0.717) is 24.6 Å². The molecule has 1 amide bonds. The molecular formula is C15H18F2N2O3. The summed E-state index contributed by atoms with van der Waals surface area (Å²) in [6.07, 6.45) is -0.441. The summed E-state index contributed by atoms with van der Waals surface area (Å²) in [5.41, 5.74) is 0.879. The fraction of sp³-hybridized carbons (Fsp3) is 0.533. The Morgan fingerprint density at radius 1 is 1.41 bits per heavy atom. The molecule has 2 aliphatic rings. The van der Waals surface area contributed by atoms with Gasteiger partial charge in [-0.25, -0.2) is 8.78 Å². The Bertz CT molecular complexity index is 580. The van der Waals surface area contributed by atoms with E-state index >= 15 is 0 Å². The number of fused-ring (bicyclic) bond motifs is 1. The molecule has 3 rings (SSSR count). The van der Waals surface area contributed by atoms with E-state index in [1.165, 1.54) is 0 Å². The Morgan fingerprint density at radius 2 is 2.18 bits per heavy atom. The van der Waals surface area contributed by atoms with Crippen molar-refractivity contribution in [3.63, 3.8) is 0 Å². The van der Waals surface area contributed by atoms with Crippen LogP contribution in [0.5, 0.6) is 11.5 Å². The van der Waals surface area contributed by atoms with Crippen molar-refractivity contribution in [3.05, 3.63) is 23.8 Å². The highest BCUT2D eigenvalue weighted by atomic mass is 19.3. The number of hydrogen-bond acceptors (Lipinski definition) is 4. The maximum Gasteiger partial charge on any atom is 0.262 e. The number of amides is 1. The molecule has 1 unspecified atom stereocenters. The van der Waals surface area contributed by atoms with Crippen LogP contribution in [0.4, 0.5) is 8.78 Å². The van der Waals surface area contributed by atoms with Crippen molar-refractivity contribution < 1.29 is 23.0 Å². The van der Waals surface area contributed by atoms with Gasteiger partial charge in [-0.1, -0.05) is 6.07 Å². The molecule has 22 heavy (non-hydrogen) atoms. The third-order valence-electron chi connectivity index (χ3n) is 3.91. The van der Waals surface area contributed by atoms with Gasteiger partial charge in [0.1, 0.15) is 0 Å². The normalized spacial score (nSPS) is 21.9. The summed E-state index contributed by atoms with van der Waals surface area (Å²) in [6, 6.07) is 4.64. The van der Waals surface area contributed by atoms with Crippen LogP contribution in [0.25, 0.3) is 0 Å². The molecular weight excluding hydrogens is 294 g/mol. The lowest BCUT2D eigenvalue weighted by atomic mass is 10.1. The monoisotopic (exact) mass is 312 g/mol. The molecule has 1 N–H and O–H groups in total. The molecule has 1 atom stereocenters. The van der Waals surface area contributed by atoms with Gasteiger partial charge in [0.25, 0.3) is 5.92 Å². The molecule has 0 saturated carbocycles. The molecule has 1 aromatic carbocycles. The zero-order valence-electron chi connectivity index (χ0n) is 12.3. The predicted molar refractivity (Wildman–Crippen MR) is 75.0 cm³/mol. The highest BCUT2D eigenvalue weighted by molar-refractivity contribution is 5.82. The lowest BCUT2D eigenvalue weighted by Gasteiger charge is -2.24. The van der Waals surface area contributed by atoms with Gasteiger partial charge in [-0.3, -0.25) is 10.1 Å². The van der Waals surface area contributed by atoms with Crippen LogP contribution in [0.1, 0.15) is 18.9 Å². The second-order valence-electron chi connectivity index (χ2n) is 5.53. The minimum absolute atomic E-state index is 0.191. The van der Waals surface area contributed by atoms with Crippen molar-refractivity contribution in [1.82, 2.24) is 10.2 Å². The minimum Gasteiger partial charge on any atom is -0.454 e. The predicted octanol–water partition coefficient (Wildman–Crippen LogP) is 1.76. The molecule has 0 spiro atoms. The highest BCUT2D eigenvalue weighted by Crippen LogP contribution is 2.33. The van der Waals surface area contributed by atoms with Crippen LogP contribution in [0.2, 0.25) is 0 Å². The van der Waals surface area contributed by atoms with Gasteiger partial charge in [0, 0.05) is 19.5 Å². The maximum atomic E-state index is 13.2. The SMILES string of the molecule is CCN(Cc1ccc2c(c1)OCO2)C(=O)C1CC(F)(F)CN1. The third-order valence-corrected chi connectivity index (χ3v) is 3.91. The molecule has 1 aromatic rings. The van der Waals surface area contributed by atoms with E-state index in [1.807, 2.05) is 19.1 Å². The van der Waals surface area contributed by atoms with E-state index in [-0.39, 0.29) is 12.7 Å². The molecule has 120 valence electrons. The van der Waals surface area contributed by atoms with Crippen molar-refractivity contribution in [2.75, 3.05) is 19.9 Å². The lowest BCUT2D eigenvalue weighted by Crippen LogP contribution is -2.43. The first-order valence-electron chi connectivity index (χ1n) is 7.27. The molecule has 1 fully saturated rings. The third kappa shape index (κ3) is 2.99. The highest BCUT2D eigenvalue weighted by Gasteiger charge is 2.43. The van der Waals surface area contributed by atoms with E-state index < -0.39 is 24.9 Å². The number of halogens is 2. The van der Waals surface area contributed by atoms with Gasteiger partial charge in [-0.05, 0) is 24.6 Å². The molecule has 0 radical (unpaired) electrons. The molecule has 0 bridgehead atoms. The minimum atomic E-state index is -2.81. The van der Waals surface area contributed by atoms with Gasteiger partial charge < -0.3 is 14.4 Å². The second-order valence-corrected chi connectivity index (χ2v) is 5.53. The standard InChI is InChI=1S/C15H18F2N2O3/c1-2-19(14(20)11-6-15(16,17)8-18-11)7-10-3-4-12-13(5-10)22-9-21-12/h3-5,11,18H,2,6-9H2,1H3. The van der Waals surface area contributed by atoms with Crippen LogP contribution in [-0.4, -0.2) is 42.7 Å². The van der Waals surface area contributed by atoms with Gasteiger partial charge >= 0.3 is 0 Å². The zero-order valence-corrected chi connectivity index (χ0v) is 12.3.